The Bertz CT molecular complexity index is 1400. The summed E-state index contributed by atoms with van der Waals surface area (Å²) in [6.07, 6.45) is 1.50. The van der Waals surface area contributed by atoms with Crippen LogP contribution in [0.2, 0.25) is 10.0 Å². The van der Waals surface area contributed by atoms with Crippen molar-refractivity contribution in [2.45, 2.75) is 13.3 Å². The van der Waals surface area contributed by atoms with E-state index in [2.05, 4.69) is 5.32 Å². The largest absolute Gasteiger partial charge is 0.496 e. The third-order valence-electron chi connectivity index (χ3n) is 5.61. The topological polar surface area (TPSA) is 75.7 Å². The highest BCUT2D eigenvalue weighted by Gasteiger charge is 2.37. The SMILES string of the molecule is COc1cc(/C=C2\C(=O)NC(=O)N(c3cccc(Cl)c3C)C2=O)cc(Cl)c1Cc1ccccc1F. The van der Waals surface area contributed by atoms with Crippen LogP contribution in [0.25, 0.3) is 6.08 Å². The molecule has 178 valence electrons. The minimum atomic E-state index is -0.877. The summed E-state index contributed by atoms with van der Waals surface area (Å²) in [6.45, 7) is 1.66. The number of imide groups is 2. The smallest absolute Gasteiger partial charge is 0.335 e. The lowest BCUT2D eigenvalue weighted by molar-refractivity contribution is -0.122. The molecule has 1 heterocycles. The van der Waals surface area contributed by atoms with E-state index in [-0.39, 0.29) is 28.5 Å². The van der Waals surface area contributed by atoms with Crippen molar-refractivity contribution in [3.63, 3.8) is 0 Å². The van der Waals surface area contributed by atoms with Crippen LogP contribution in [0.3, 0.4) is 0 Å². The maximum atomic E-state index is 14.2. The Kier molecular flexibility index (Phi) is 6.91. The number of anilines is 1. The van der Waals surface area contributed by atoms with Gasteiger partial charge in [0.1, 0.15) is 17.1 Å². The minimum Gasteiger partial charge on any atom is -0.496 e. The van der Waals surface area contributed by atoms with E-state index >= 15 is 0 Å². The molecule has 0 atom stereocenters. The van der Waals surface area contributed by atoms with Crippen molar-refractivity contribution < 1.29 is 23.5 Å². The van der Waals surface area contributed by atoms with E-state index < -0.39 is 17.8 Å². The number of rotatable bonds is 5. The molecule has 1 fully saturated rings. The molecule has 0 aromatic heterocycles. The lowest BCUT2D eigenvalue weighted by Gasteiger charge is -2.27. The Labute approximate surface area is 210 Å². The fourth-order valence-electron chi connectivity index (χ4n) is 3.78. The van der Waals surface area contributed by atoms with Crippen LogP contribution in [0.15, 0.2) is 60.2 Å². The van der Waals surface area contributed by atoms with Crippen LogP contribution in [-0.2, 0) is 16.0 Å². The molecular formula is C26H19Cl2FN2O4. The van der Waals surface area contributed by atoms with Crippen molar-refractivity contribution >= 4 is 52.8 Å². The molecule has 1 N–H and O–H groups in total. The van der Waals surface area contributed by atoms with Crippen molar-refractivity contribution in [1.29, 1.82) is 0 Å². The van der Waals surface area contributed by atoms with Crippen LogP contribution in [0.5, 0.6) is 5.75 Å². The van der Waals surface area contributed by atoms with E-state index in [0.29, 0.717) is 33.0 Å². The summed E-state index contributed by atoms with van der Waals surface area (Å²) in [5.74, 6) is -1.67. The molecule has 4 amide bonds. The van der Waals surface area contributed by atoms with Crippen LogP contribution in [0.1, 0.15) is 22.3 Å². The highest BCUT2D eigenvalue weighted by molar-refractivity contribution is 6.40. The van der Waals surface area contributed by atoms with Crippen molar-refractivity contribution in [3.8, 4) is 5.75 Å². The number of halogens is 3. The zero-order chi connectivity index (χ0) is 25.3. The molecule has 0 spiro atoms. The Morgan fingerprint density at radius 3 is 2.49 bits per heavy atom. The summed E-state index contributed by atoms with van der Waals surface area (Å²) in [4.78, 5) is 39.1. The minimum absolute atomic E-state index is 0.182. The summed E-state index contributed by atoms with van der Waals surface area (Å²) in [7, 11) is 1.44. The van der Waals surface area contributed by atoms with Gasteiger partial charge in [0.2, 0.25) is 0 Å². The first-order valence-corrected chi connectivity index (χ1v) is 11.2. The van der Waals surface area contributed by atoms with Crippen molar-refractivity contribution in [2.24, 2.45) is 0 Å². The van der Waals surface area contributed by atoms with E-state index in [0.717, 1.165) is 4.90 Å². The highest BCUT2D eigenvalue weighted by Crippen LogP contribution is 2.33. The Morgan fingerprint density at radius 1 is 1.03 bits per heavy atom. The molecule has 0 radical (unpaired) electrons. The standard InChI is InChI=1S/C26H19Cl2FN2O4/c1-14-19(27)7-5-9-22(14)31-25(33)18(24(32)30-26(31)34)10-15-11-20(28)17(23(12-15)35-2)13-16-6-3-4-8-21(16)29/h3-12H,13H2,1-2H3,(H,30,32,34)/b18-10+. The Morgan fingerprint density at radius 2 is 1.77 bits per heavy atom. The number of amides is 4. The van der Waals surface area contributed by atoms with Crippen molar-refractivity contribution in [1.82, 2.24) is 5.32 Å². The number of methoxy groups -OCH3 is 1. The number of urea groups is 1. The second kappa shape index (κ2) is 9.90. The molecule has 9 heteroatoms. The number of benzene rings is 3. The number of carbonyl (C=O) groups excluding carboxylic acids is 3. The first-order valence-electron chi connectivity index (χ1n) is 10.5. The molecule has 0 unspecified atom stereocenters. The second-order valence-electron chi connectivity index (χ2n) is 7.79. The third-order valence-corrected chi connectivity index (χ3v) is 6.36. The molecule has 4 rings (SSSR count). The van der Waals surface area contributed by atoms with Gasteiger partial charge >= 0.3 is 6.03 Å². The van der Waals surface area contributed by atoms with E-state index in [1.165, 1.54) is 19.3 Å². The molecule has 3 aromatic rings. The lowest BCUT2D eigenvalue weighted by Crippen LogP contribution is -2.54. The van der Waals surface area contributed by atoms with Gasteiger partial charge in [-0.25, -0.2) is 14.1 Å². The van der Waals surface area contributed by atoms with Gasteiger partial charge in [-0.2, -0.15) is 0 Å². The van der Waals surface area contributed by atoms with Gasteiger partial charge in [0.15, 0.2) is 0 Å². The van der Waals surface area contributed by atoms with Crippen LogP contribution in [0, 0.1) is 12.7 Å². The molecule has 35 heavy (non-hydrogen) atoms. The number of hydrogen-bond acceptors (Lipinski definition) is 4. The van der Waals surface area contributed by atoms with Gasteiger partial charge in [0.05, 0.1) is 12.8 Å². The zero-order valence-electron chi connectivity index (χ0n) is 18.7. The van der Waals surface area contributed by atoms with Gasteiger partial charge in [-0.3, -0.25) is 14.9 Å². The number of nitrogens with one attached hydrogen (secondary N) is 1. The van der Waals surface area contributed by atoms with Gasteiger partial charge in [0.25, 0.3) is 11.8 Å². The molecule has 3 aromatic carbocycles. The quantitative estimate of drug-likeness (QED) is 0.351. The predicted molar refractivity (Wildman–Crippen MR) is 132 cm³/mol. The van der Waals surface area contributed by atoms with Gasteiger partial charge in [-0.05, 0) is 60.0 Å². The highest BCUT2D eigenvalue weighted by atomic mass is 35.5. The monoisotopic (exact) mass is 512 g/mol. The number of carbonyl (C=O) groups is 3. The molecule has 1 aliphatic rings. The average molecular weight is 513 g/mol. The van der Waals surface area contributed by atoms with Gasteiger partial charge < -0.3 is 4.74 Å². The van der Waals surface area contributed by atoms with Crippen molar-refractivity contribution in [2.75, 3.05) is 12.0 Å². The summed E-state index contributed by atoms with van der Waals surface area (Å²) in [6, 6.07) is 13.4. The number of ether oxygens (including phenoxy) is 1. The maximum absolute atomic E-state index is 14.2. The molecular weight excluding hydrogens is 494 g/mol. The van der Waals surface area contributed by atoms with E-state index in [9.17, 15) is 18.8 Å². The number of hydrogen-bond donors (Lipinski definition) is 1. The molecule has 0 saturated carbocycles. The van der Waals surface area contributed by atoms with E-state index in [1.54, 1.807) is 55.5 Å². The third kappa shape index (κ3) is 4.78. The van der Waals surface area contributed by atoms with Crippen molar-refractivity contribution in [3.05, 3.63) is 98.3 Å². The summed E-state index contributed by atoms with van der Waals surface area (Å²) >= 11 is 12.6. The first kappa shape index (κ1) is 24.4. The molecule has 1 saturated heterocycles. The van der Waals surface area contributed by atoms with E-state index in [4.69, 9.17) is 27.9 Å². The molecule has 0 aliphatic carbocycles. The molecule has 0 bridgehead atoms. The lowest BCUT2D eigenvalue weighted by atomic mass is 10.00. The summed E-state index contributed by atoms with van der Waals surface area (Å²) in [5.41, 5.74) is 1.87. The number of nitrogens with zero attached hydrogens (tertiary/aromatic N) is 1. The molecule has 6 nitrogen and oxygen atoms in total. The summed E-state index contributed by atoms with van der Waals surface area (Å²) in [5, 5.41) is 2.81. The summed E-state index contributed by atoms with van der Waals surface area (Å²) < 4.78 is 19.6. The van der Waals surface area contributed by atoms with Crippen LogP contribution in [0.4, 0.5) is 14.9 Å². The van der Waals surface area contributed by atoms with Gasteiger partial charge in [-0.15, -0.1) is 0 Å². The maximum Gasteiger partial charge on any atom is 0.335 e. The first-order chi connectivity index (χ1) is 16.7. The molecule has 1 aliphatic heterocycles. The Hall–Kier alpha value is -3.68. The number of barbiturate groups is 1. The van der Waals surface area contributed by atoms with Crippen LogP contribution >= 0.6 is 23.2 Å². The van der Waals surface area contributed by atoms with Gasteiger partial charge in [0, 0.05) is 22.0 Å². The fourth-order valence-corrected chi connectivity index (χ4v) is 4.24. The fraction of sp³-hybridized carbons (Fsp3) is 0.115. The predicted octanol–water partition coefficient (Wildman–Crippen LogP) is 5.71. The normalized spacial score (nSPS) is 14.9. The zero-order valence-corrected chi connectivity index (χ0v) is 20.2. The van der Waals surface area contributed by atoms with E-state index in [1.807, 2.05) is 0 Å². The van der Waals surface area contributed by atoms with Gasteiger partial charge in [-0.1, -0.05) is 47.5 Å². The second-order valence-corrected chi connectivity index (χ2v) is 8.61. The Balaban J connectivity index is 1.73. The average Bonchev–Trinajstić information content (AvgIpc) is 2.82. The van der Waals surface area contributed by atoms with Crippen LogP contribution < -0.4 is 15.0 Å². The van der Waals surface area contributed by atoms with Crippen LogP contribution in [-0.4, -0.2) is 25.0 Å².